The highest BCUT2D eigenvalue weighted by atomic mass is 16.6. The Morgan fingerprint density at radius 1 is 1.06 bits per heavy atom. The molecule has 6 rings (SSSR count). The molecule has 0 amide bonds. The van der Waals surface area contributed by atoms with Gasteiger partial charge in [-0.15, -0.1) is 0 Å². The van der Waals surface area contributed by atoms with Crippen LogP contribution < -0.4 is 0 Å². The Morgan fingerprint density at radius 3 is 2.44 bits per heavy atom. The van der Waals surface area contributed by atoms with Crippen molar-refractivity contribution in [3.05, 3.63) is 24.3 Å². The van der Waals surface area contributed by atoms with Gasteiger partial charge in [0.25, 0.3) is 0 Å². The van der Waals surface area contributed by atoms with Crippen molar-refractivity contribution in [1.29, 1.82) is 0 Å². The fourth-order valence-electron chi connectivity index (χ4n) is 4.27. The van der Waals surface area contributed by atoms with Gasteiger partial charge in [-0.3, -0.25) is 9.59 Å². The van der Waals surface area contributed by atoms with Crippen molar-refractivity contribution in [2.24, 2.45) is 23.7 Å². The molecule has 2 heterocycles. The SMILES string of the molecule is O=C1C=C[C@H]2[C@H]([C@@H]3C=C[C@H]2C(=O)[C@]32CO2)[C@@]12CO2. The lowest BCUT2D eigenvalue weighted by Crippen LogP contribution is -2.60. The van der Waals surface area contributed by atoms with Gasteiger partial charge in [0, 0.05) is 17.8 Å². The third kappa shape index (κ3) is 0.806. The molecule has 0 radical (unpaired) electrons. The molecule has 4 aliphatic carbocycles. The van der Waals surface area contributed by atoms with Crippen molar-refractivity contribution in [2.75, 3.05) is 13.2 Å². The van der Waals surface area contributed by atoms with Crippen LogP contribution in [0.2, 0.25) is 0 Å². The molecule has 0 aromatic heterocycles. The molecule has 1 saturated carbocycles. The zero-order chi connectivity index (χ0) is 12.1. The van der Waals surface area contributed by atoms with Gasteiger partial charge in [0.15, 0.2) is 22.8 Å². The molecule has 2 spiro atoms. The van der Waals surface area contributed by atoms with E-state index in [9.17, 15) is 9.59 Å². The van der Waals surface area contributed by atoms with Crippen LogP contribution in [0, 0.1) is 23.7 Å². The summed E-state index contributed by atoms with van der Waals surface area (Å²) < 4.78 is 11.0. The molecule has 4 heteroatoms. The van der Waals surface area contributed by atoms with E-state index in [1.54, 1.807) is 6.08 Å². The summed E-state index contributed by atoms with van der Waals surface area (Å²) in [6, 6.07) is 0. The van der Waals surface area contributed by atoms with E-state index in [-0.39, 0.29) is 35.2 Å². The van der Waals surface area contributed by atoms with Gasteiger partial charge >= 0.3 is 0 Å². The topological polar surface area (TPSA) is 59.2 Å². The second kappa shape index (κ2) is 2.53. The van der Waals surface area contributed by atoms with E-state index in [1.807, 2.05) is 12.2 Å². The molecule has 18 heavy (non-hydrogen) atoms. The van der Waals surface area contributed by atoms with E-state index < -0.39 is 11.2 Å². The molecule has 92 valence electrons. The fraction of sp³-hybridized carbons (Fsp3) is 0.571. The average molecular weight is 244 g/mol. The number of allylic oxidation sites excluding steroid dienone is 2. The fourth-order valence-corrected chi connectivity index (χ4v) is 4.27. The number of carbonyl (C=O) groups is 2. The van der Waals surface area contributed by atoms with Gasteiger partial charge in [-0.25, -0.2) is 0 Å². The second-order valence-corrected chi connectivity index (χ2v) is 5.98. The van der Waals surface area contributed by atoms with Crippen LogP contribution in [0.1, 0.15) is 0 Å². The Morgan fingerprint density at radius 2 is 1.78 bits per heavy atom. The lowest BCUT2D eigenvalue weighted by atomic mass is 9.52. The first-order valence-electron chi connectivity index (χ1n) is 6.42. The molecular formula is C14H12O4. The van der Waals surface area contributed by atoms with Crippen LogP contribution >= 0.6 is 0 Å². The summed E-state index contributed by atoms with van der Waals surface area (Å²) in [6.07, 6.45) is 7.60. The molecule has 0 aromatic carbocycles. The third-order valence-electron chi connectivity index (χ3n) is 5.34. The predicted molar refractivity (Wildman–Crippen MR) is 59.6 cm³/mol. The van der Waals surface area contributed by atoms with Crippen molar-refractivity contribution >= 4 is 11.6 Å². The summed E-state index contributed by atoms with van der Waals surface area (Å²) in [6.45, 7) is 1.01. The van der Waals surface area contributed by atoms with E-state index >= 15 is 0 Å². The number of hydrogen-bond acceptors (Lipinski definition) is 4. The van der Waals surface area contributed by atoms with Gasteiger partial charge in [-0.05, 0) is 12.0 Å². The smallest absolute Gasteiger partial charge is 0.189 e. The summed E-state index contributed by atoms with van der Waals surface area (Å²) in [7, 11) is 0. The first-order valence-corrected chi connectivity index (χ1v) is 6.42. The van der Waals surface area contributed by atoms with E-state index in [0.717, 1.165) is 0 Å². The molecule has 2 aliphatic heterocycles. The van der Waals surface area contributed by atoms with Gasteiger partial charge in [-0.1, -0.05) is 18.2 Å². The van der Waals surface area contributed by atoms with E-state index in [0.29, 0.717) is 13.2 Å². The number of ketones is 2. The standard InChI is InChI=1S/C14H12O4/c15-10-4-2-7-8-1-3-9(11(7)14(10)6-18-14)13(5-17-13)12(8)16/h1-4,7-9,11H,5-6H2/t7-,8-,9+,11-,13+,14-/m1/s1. The maximum atomic E-state index is 12.4. The maximum Gasteiger partial charge on any atom is 0.189 e. The average Bonchev–Trinajstić information content (AvgIpc) is 3.26. The minimum Gasteiger partial charge on any atom is -0.361 e. The predicted octanol–water partition coefficient (Wildman–Crippen LogP) is 0.281. The van der Waals surface area contributed by atoms with Crippen molar-refractivity contribution in [1.82, 2.24) is 0 Å². The summed E-state index contributed by atoms with van der Waals surface area (Å²) in [5, 5.41) is 0. The number of ether oxygens (including phenoxy) is 2. The maximum absolute atomic E-state index is 12.4. The third-order valence-corrected chi connectivity index (χ3v) is 5.34. The van der Waals surface area contributed by atoms with E-state index in [1.165, 1.54) is 0 Å². The largest absolute Gasteiger partial charge is 0.361 e. The molecular weight excluding hydrogens is 232 g/mol. The normalized spacial score (nSPS) is 58.4. The molecule has 0 aromatic rings. The van der Waals surface area contributed by atoms with Crippen LogP contribution in [-0.2, 0) is 19.1 Å². The van der Waals surface area contributed by atoms with Crippen LogP contribution in [0.3, 0.4) is 0 Å². The highest BCUT2D eigenvalue weighted by molar-refractivity contribution is 6.03. The van der Waals surface area contributed by atoms with Gasteiger partial charge in [-0.2, -0.15) is 0 Å². The van der Waals surface area contributed by atoms with Crippen LogP contribution in [0.15, 0.2) is 24.3 Å². The second-order valence-electron chi connectivity index (χ2n) is 5.98. The van der Waals surface area contributed by atoms with Gasteiger partial charge in [0.1, 0.15) is 0 Å². The van der Waals surface area contributed by atoms with Crippen molar-refractivity contribution < 1.29 is 19.1 Å². The number of epoxide rings is 2. The Balaban J connectivity index is 1.72. The molecule has 3 fully saturated rings. The highest BCUT2D eigenvalue weighted by Gasteiger charge is 2.75. The molecule has 6 atom stereocenters. The number of hydrogen-bond donors (Lipinski definition) is 0. The monoisotopic (exact) mass is 244 g/mol. The van der Waals surface area contributed by atoms with Crippen molar-refractivity contribution in [3.63, 3.8) is 0 Å². The Labute approximate surface area is 104 Å². The Hall–Kier alpha value is -1.26. The first-order chi connectivity index (χ1) is 8.69. The molecule has 4 nitrogen and oxygen atoms in total. The number of carbonyl (C=O) groups excluding carboxylic acids is 2. The summed E-state index contributed by atoms with van der Waals surface area (Å²) in [5.74, 6) is 0.344. The summed E-state index contributed by atoms with van der Waals surface area (Å²) in [4.78, 5) is 24.5. The van der Waals surface area contributed by atoms with Crippen LogP contribution in [-0.4, -0.2) is 36.0 Å². The minimum atomic E-state index is -0.646. The van der Waals surface area contributed by atoms with Crippen molar-refractivity contribution in [3.8, 4) is 0 Å². The zero-order valence-corrected chi connectivity index (χ0v) is 9.67. The number of Topliss-reactive ketones (excluding diaryl/α,β-unsaturated/α-hetero) is 1. The van der Waals surface area contributed by atoms with Gasteiger partial charge in [0.2, 0.25) is 0 Å². The van der Waals surface area contributed by atoms with Crippen molar-refractivity contribution in [2.45, 2.75) is 11.2 Å². The molecule has 0 N–H and O–H groups in total. The van der Waals surface area contributed by atoms with Crippen LogP contribution in [0.25, 0.3) is 0 Å². The summed E-state index contributed by atoms with van der Waals surface area (Å²) >= 11 is 0. The summed E-state index contributed by atoms with van der Waals surface area (Å²) in [5.41, 5.74) is -1.27. The molecule has 0 unspecified atom stereocenters. The minimum absolute atomic E-state index is 0.0106. The number of rotatable bonds is 0. The van der Waals surface area contributed by atoms with Crippen LogP contribution in [0.4, 0.5) is 0 Å². The molecule has 6 aliphatic rings. The van der Waals surface area contributed by atoms with E-state index in [4.69, 9.17) is 9.47 Å². The lowest BCUT2D eigenvalue weighted by molar-refractivity contribution is -0.142. The quantitative estimate of drug-likeness (QED) is 0.453. The first kappa shape index (κ1) is 9.64. The van der Waals surface area contributed by atoms with E-state index in [2.05, 4.69) is 6.08 Å². The lowest BCUT2D eigenvalue weighted by Gasteiger charge is -2.49. The molecule has 2 bridgehead atoms. The Kier molecular flexibility index (Phi) is 1.36. The molecule has 2 saturated heterocycles. The van der Waals surface area contributed by atoms with Crippen LogP contribution in [0.5, 0.6) is 0 Å². The van der Waals surface area contributed by atoms with Gasteiger partial charge in [0.05, 0.1) is 13.2 Å². The van der Waals surface area contributed by atoms with Gasteiger partial charge < -0.3 is 9.47 Å². The zero-order valence-electron chi connectivity index (χ0n) is 9.67. The Bertz CT molecular complexity index is 550. The highest BCUT2D eigenvalue weighted by Crippen LogP contribution is 2.62.